The Bertz CT molecular complexity index is 591. The second-order valence-corrected chi connectivity index (χ2v) is 7.37. The van der Waals surface area contributed by atoms with Crippen molar-refractivity contribution in [1.29, 1.82) is 0 Å². The van der Waals surface area contributed by atoms with Crippen molar-refractivity contribution in [2.75, 3.05) is 18.6 Å². The molecule has 0 saturated carbocycles. The van der Waals surface area contributed by atoms with Gasteiger partial charge < -0.3 is 4.90 Å². The van der Waals surface area contributed by atoms with Crippen LogP contribution in [0.5, 0.6) is 0 Å². The molecule has 0 bridgehead atoms. The molecule has 106 valence electrons. The Kier molecular flexibility index (Phi) is 3.66. The van der Waals surface area contributed by atoms with Crippen LogP contribution in [0.2, 0.25) is 0 Å². The molecular formula is C12H19N3O3S. The maximum absolute atomic E-state index is 12.1. The summed E-state index contributed by atoms with van der Waals surface area (Å²) in [5.74, 6) is 0.148. The fourth-order valence-corrected chi connectivity index (χ4v) is 4.13. The van der Waals surface area contributed by atoms with Crippen molar-refractivity contribution in [2.45, 2.75) is 32.9 Å². The topological polar surface area (TPSA) is 72.3 Å². The van der Waals surface area contributed by atoms with Gasteiger partial charge in [-0.25, -0.2) is 8.42 Å². The Hall–Kier alpha value is -1.37. The molecule has 1 aliphatic heterocycles. The standard InChI is InChI=1S/C12H19N3O3S/c1-9-6-10(2)15(13-9)7-12(16)14(3)11-4-5-19(17,18)8-11/h6,11H,4-5,7-8H2,1-3H3. The summed E-state index contributed by atoms with van der Waals surface area (Å²) < 4.78 is 24.5. The summed E-state index contributed by atoms with van der Waals surface area (Å²) in [6, 6.07) is 1.71. The van der Waals surface area contributed by atoms with Gasteiger partial charge in [0.15, 0.2) is 9.84 Å². The first-order chi connectivity index (χ1) is 8.78. The van der Waals surface area contributed by atoms with E-state index in [1.54, 1.807) is 16.6 Å². The van der Waals surface area contributed by atoms with Crippen LogP contribution in [0, 0.1) is 13.8 Å². The largest absolute Gasteiger partial charge is 0.340 e. The highest BCUT2D eigenvalue weighted by atomic mass is 32.2. The maximum atomic E-state index is 12.1. The second-order valence-electron chi connectivity index (χ2n) is 5.15. The van der Waals surface area contributed by atoms with E-state index >= 15 is 0 Å². The molecule has 0 N–H and O–H groups in total. The molecule has 0 radical (unpaired) electrons. The van der Waals surface area contributed by atoms with Gasteiger partial charge in [0.2, 0.25) is 5.91 Å². The van der Waals surface area contributed by atoms with Crippen LogP contribution in [0.4, 0.5) is 0 Å². The zero-order valence-electron chi connectivity index (χ0n) is 11.5. The Morgan fingerprint density at radius 2 is 2.21 bits per heavy atom. The van der Waals surface area contributed by atoms with Crippen molar-refractivity contribution in [3.63, 3.8) is 0 Å². The number of nitrogens with zero attached hydrogens (tertiary/aromatic N) is 3. The number of carbonyl (C=O) groups is 1. The van der Waals surface area contributed by atoms with Crippen LogP contribution in [0.25, 0.3) is 0 Å². The molecule has 19 heavy (non-hydrogen) atoms. The molecule has 1 atom stereocenters. The first-order valence-electron chi connectivity index (χ1n) is 6.25. The summed E-state index contributed by atoms with van der Waals surface area (Å²) in [5, 5.41) is 4.24. The second kappa shape index (κ2) is 4.96. The van der Waals surface area contributed by atoms with E-state index in [0.717, 1.165) is 11.4 Å². The zero-order chi connectivity index (χ0) is 14.2. The number of aryl methyl sites for hydroxylation is 2. The van der Waals surface area contributed by atoms with Crippen molar-refractivity contribution in [3.05, 3.63) is 17.5 Å². The summed E-state index contributed by atoms with van der Waals surface area (Å²) in [5.41, 5.74) is 1.80. The number of likely N-dealkylation sites (N-methyl/N-ethyl adjacent to an activating group) is 1. The Balaban J connectivity index is 2.02. The van der Waals surface area contributed by atoms with E-state index in [4.69, 9.17) is 0 Å². The van der Waals surface area contributed by atoms with Crippen LogP contribution in [-0.2, 0) is 21.2 Å². The average molecular weight is 285 g/mol. The number of hydrogen-bond acceptors (Lipinski definition) is 4. The first-order valence-corrected chi connectivity index (χ1v) is 8.08. The fourth-order valence-electron chi connectivity index (χ4n) is 2.36. The molecule has 2 rings (SSSR count). The van der Waals surface area contributed by atoms with Gasteiger partial charge >= 0.3 is 0 Å². The maximum Gasteiger partial charge on any atom is 0.244 e. The predicted molar refractivity (Wildman–Crippen MR) is 71.5 cm³/mol. The lowest BCUT2D eigenvalue weighted by molar-refractivity contribution is -0.132. The minimum Gasteiger partial charge on any atom is -0.340 e. The molecule has 0 spiro atoms. The van der Waals surface area contributed by atoms with Crippen molar-refractivity contribution in [1.82, 2.24) is 14.7 Å². The lowest BCUT2D eigenvalue weighted by Crippen LogP contribution is -2.40. The molecule has 2 heterocycles. The van der Waals surface area contributed by atoms with Crippen molar-refractivity contribution >= 4 is 15.7 Å². The van der Waals surface area contributed by atoms with E-state index in [-0.39, 0.29) is 30.0 Å². The van der Waals surface area contributed by atoms with Crippen LogP contribution in [-0.4, -0.2) is 53.6 Å². The lowest BCUT2D eigenvalue weighted by Gasteiger charge is -2.23. The fraction of sp³-hybridized carbons (Fsp3) is 0.667. The third-order valence-electron chi connectivity index (χ3n) is 3.54. The number of sulfone groups is 1. The van der Waals surface area contributed by atoms with E-state index in [2.05, 4.69) is 5.10 Å². The molecule has 6 nitrogen and oxygen atoms in total. The molecule has 1 unspecified atom stereocenters. The van der Waals surface area contributed by atoms with Crippen molar-refractivity contribution in [2.24, 2.45) is 0 Å². The number of amides is 1. The number of carbonyl (C=O) groups excluding carboxylic acids is 1. The number of rotatable bonds is 3. The highest BCUT2D eigenvalue weighted by Gasteiger charge is 2.32. The SMILES string of the molecule is Cc1cc(C)n(CC(=O)N(C)C2CCS(=O)(=O)C2)n1. The third kappa shape index (κ3) is 3.15. The molecular weight excluding hydrogens is 266 g/mol. The highest BCUT2D eigenvalue weighted by molar-refractivity contribution is 7.91. The summed E-state index contributed by atoms with van der Waals surface area (Å²) >= 11 is 0. The van der Waals surface area contributed by atoms with E-state index in [0.29, 0.717) is 6.42 Å². The summed E-state index contributed by atoms with van der Waals surface area (Å²) in [6.45, 7) is 3.93. The average Bonchev–Trinajstić information content (AvgIpc) is 2.81. The van der Waals surface area contributed by atoms with Gasteiger partial charge in [0.05, 0.1) is 17.2 Å². The normalized spacial score (nSPS) is 21.5. The van der Waals surface area contributed by atoms with Crippen LogP contribution >= 0.6 is 0 Å². The van der Waals surface area contributed by atoms with Gasteiger partial charge in [-0.15, -0.1) is 0 Å². The molecule has 0 aromatic carbocycles. The number of aromatic nitrogens is 2. The van der Waals surface area contributed by atoms with Gasteiger partial charge in [0.25, 0.3) is 0 Å². The monoisotopic (exact) mass is 285 g/mol. The third-order valence-corrected chi connectivity index (χ3v) is 5.29. The minimum absolute atomic E-state index is 0.0758. The van der Waals surface area contributed by atoms with Gasteiger partial charge in [-0.05, 0) is 26.3 Å². The molecule has 1 saturated heterocycles. The summed E-state index contributed by atoms with van der Waals surface area (Å²) in [4.78, 5) is 13.7. The molecule has 1 aliphatic rings. The Morgan fingerprint density at radius 1 is 1.53 bits per heavy atom. The van der Waals surface area contributed by atoms with E-state index < -0.39 is 9.84 Å². The summed E-state index contributed by atoms with van der Waals surface area (Å²) in [7, 11) is -1.30. The smallest absolute Gasteiger partial charge is 0.244 e. The predicted octanol–water partition coefficient (Wildman–Crippen LogP) is 0.145. The number of hydrogen-bond donors (Lipinski definition) is 0. The van der Waals surface area contributed by atoms with Crippen LogP contribution in [0.15, 0.2) is 6.07 Å². The molecule has 7 heteroatoms. The molecule has 1 amide bonds. The highest BCUT2D eigenvalue weighted by Crippen LogP contribution is 2.17. The lowest BCUT2D eigenvalue weighted by atomic mass is 10.2. The minimum atomic E-state index is -2.97. The van der Waals surface area contributed by atoms with E-state index in [9.17, 15) is 13.2 Å². The molecule has 1 aromatic rings. The van der Waals surface area contributed by atoms with Crippen molar-refractivity contribution in [3.8, 4) is 0 Å². The van der Waals surface area contributed by atoms with Crippen LogP contribution in [0.3, 0.4) is 0 Å². The van der Waals surface area contributed by atoms with Gasteiger partial charge in [-0.3, -0.25) is 9.48 Å². The van der Waals surface area contributed by atoms with Crippen LogP contribution in [0.1, 0.15) is 17.8 Å². The quantitative estimate of drug-likeness (QED) is 0.792. The van der Waals surface area contributed by atoms with Gasteiger partial charge in [-0.2, -0.15) is 5.10 Å². The zero-order valence-corrected chi connectivity index (χ0v) is 12.3. The molecule has 1 aromatic heterocycles. The van der Waals surface area contributed by atoms with Crippen LogP contribution < -0.4 is 0 Å². The van der Waals surface area contributed by atoms with Crippen molar-refractivity contribution < 1.29 is 13.2 Å². The van der Waals surface area contributed by atoms with E-state index in [1.165, 1.54) is 0 Å². The Morgan fingerprint density at radius 3 is 2.68 bits per heavy atom. The van der Waals surface area contributed by atoms with E-state index in [1.807, 2.05) is 19.9 Å². The molecule has 0 aliphatic carbocycles. The van der Waals surface area contributed by atoms with Gasteiger partial charge in [0, 0.05) is 18.8 Å². The first kappa shape index (κ1) is 14.0. The summed E-state index contributed by atoms with van der Waals surface area (Å²) in [6.07, 6.45) is 0.529. The van der Waals surface area contributed by atoms with Gasteiger partial charge in [0.1, 0.15) is 6.54 Å². The Labute approximate surface area is 113 Å². The van der Waals surface area contributed by atoms with Gasteiger partial charge in [-0.1, -0.05) is 0 Å². The molecule has 1 fully saturated rings.